The highest BCUT2D eigenvalue weighted by Gasteiger charge is 2.11. The van der Waals surface area contributed by atoms with Crippen molar-refractivity contribution in [1.29, 1.82) is 5.26 Å². The van der Waals surface area contributed by atoms with Crippen LogP contribution >= 0.6 is 0 Å². The number of benzene rings is 1. The first-order valence-corrected chi connectivity index (χ1v) is 5.85. The van der Waals surface area contributed by atoms with Crippen LogP contribution in [0.2, 0.25) is 0 Å². The largest absolute Gasteiger partial charge is 0.320 e. The highest BCUT2D eigenvalue weighted by atomic mass is 16.1. The lowest BCUT2D eigenvalue weighted by Gasteiger charge is -2.09. The lowest BCUT2D eigenvalue weighted by atomic mass is 10.1. The normalized spacial score (nSPS) is 9.74. The van der Waals surface area contributed by atoms with Gasteiger partial charge in [0.15, 0.2) is 0 Å². The fraction of sp³-hybridized carbons (Fsp3) is 0.133. The Morgan fingerprint density at radius 1 is 1.26 bits per heavy atom. The monoisotopic (exact) mass is 251 g/mol. The molecule has 1 heterocycles. The molecule has 0 bridgehead atoms. The Bertz CT molecular complexity index is 671. The zero-order chi connectivity index (χ0) is 13.8. The van der Waals surface area contributed by atoms with Gasteiger partial charge >= 0.3 is 0 Å². The standard InChI is InChI=1S/C15H13N3O/c1-10-5-6-12(9-16)8-13(10)18-15(19)14-11(2)4-3-7-17-14/h3-8H,1-2H3,(H,18,19). The van der Waals surface area contributed by atoms with E-state index in [0.29, 0.717) is 16.9 Å². The predicted octanol–water partition coefficient (Wildman–Crippen LogP) is 2.82. The summed E-state index contributed by atoms with van der Waals surface area (Å²) in [4.78, 5) is 16.2. The zero-order valence-corrected chi connectivity index (χ0v) is 10.8. The van der Waals surface area contributed by atoms with Crippen molar-refractivity contribution >= 4 is 11.6 Å². The number of carbonyl (C=O) groups excluding carboxylic acids is 1. The van der Waals surface area contributed by atoms with Crippen LogP contribution in [0.25, 0.3) is 0 Å². The lowest BCUT2D eigenvalue weighted by molar-refractivity contribution is 0.102. The Kier molecular flexibility index (Phi) is 3.58. The summed E-state index contributed by atoms with van der Waals surface area (Å²) in [6.07, 6.45) is 1.58. The quantitative estimate of drug-likeness (QED) is 0.892. The Labute approximate surface area is 111 Å². The molecule has 2 aromatic rings. The Balaban J connectivity index is 2.30. The molecule has 0 radical (unpaired) electrons. The van der Waals surface area contributed by atoms with Gasteiger partial charge in [0, 0.05) is 11.9 Å². The molecule has 0 unspecified atom stereocenters. The second-order valence-electron chi connectivity index (χ2n) is 4.26. The molecule has 19 heavy (non-hydrogen) atoms. The minimum absolute atomic E-state index is 0.267. The number of nitrogens with one attached hydrogen (secondary N) is 1. The number of aryl methyl sites for hydroxylation is 2. The first-order valence-electron chi connectivity index (χ1n) is 5.85. The first kappa shape index (κ1) is 12.8. The molecule has 4 heteroatoms. The van der Waals surface area contributed by atoms with Gasteiger partial charge in [0.05, 0.1) is 11.6 Å². The molecule has 1 amide bonds. The molecule has 0 aliphatic heterocycles. The van der Waals surface area contributed by atoms with Crippen molar-refractivity contribution in [2.75, 3.05) is 5.32 Å². The van der Waals surface area contributed by atoms with Crippen molar-refractivity contribution in [3.8, 4) is 6.07 Å². The third-order valence-electron chi connectivity index (χ3n) is 2.84. The van der Waals surface area contributed by atoms with Crippen LogP contribution in [-0.2, 0) is 0 Å². The van der Waals surface area contributed by atoms with Crippen molar-refractivity contribution in [1.82, 2.24) is 4.98 Å². The average molecular weight is 251 g/mol. The molecular weight excluding hydrogens is 238 g/mol. The van der Waals surface area contributed by atoms with Crippen molar-refractivity contribution in [3.63, 3.8) is 0 Å². The number of pyridine rings is 1. The predicted molar refractivity (Wildman–Crippen MR) is 72.8 cm³/mol. The van der Waals surface area contributed by atoms with E-state index in [4.69, 9.17) is 5.26 Å². The van der Waals surface area contributed by atoms with Crippen LogP contribution in [0.4, 0.5) is 5.69 Å². The summed E-state index contributed by atoms with van der Waals surface area (Å²) in [5, 5.41) is 11.7. The Morgan fingerprint density at radius 3 is 2.74 bits per heavy atom. The molecule has 0 saturated carbocycles. The molecule has 1 aromatic carbocycles. The Hall–Kier alpha value is -2.67. The SMILES string of the molecule is Cc1ccc(C#N)cc1NC(=O)c1ncccc1C. The van der Waals surface area contributed by atoms with E-state index in [1.807, 2.05) is 19.9 Å². The van der Waals surface area contributed by atoms with Gasteiger partial charge in [0.2, 0.25) is 0 Å². The topological polar surface area (TPSA) is 65.8 Å². The van der Waals surface area contributed by atoms with E-state index in [1.54, 1.807) is 30.5 Å². The van der Waals surface area contributed by atoms with Gasteiger partial charge in [-0.1, -0.05) is 12.1 Å². The van der Waals surface area contributed by atoms with E-state index in [2.05, 4.69) is 16.4 Å². The lowest BCUT2D eigenvalue weighted by Crippen LogP contribution is -2.15. The number of nitrogens with zero attached hydrogens (tertiary/aromatic N) is 2. The molecule has 1 N–H and O–H groups in total. The molecule has 94 valence electrons. The minimum atomic E-state index is -0.267. The number of hydrogen-bond acceptors (Lipinski definition) is 3. The van der Waals surface area contributed by atoms with Gasteiger partial charge in [-0.05, 0) is 43.2 Å². The van der Waals surface area contributed by atoms with E-state index >= 15 is 0 Å². The van der Waals surface area contributed by atoms with E-state index in [0.717, 1.165) is 11.1 Å². The van der Waals surface area contributed by atoms with Gasteiger partial charge in [0.1, 0.15) is 5.69 Å². The number of nitriles is 1. The summed E-state index contributed by atoms with van der Waals surface area (Å²) in [6.45, 7) is 3.71. The molecular formula is C15H13N3O. The van der Waals surface area contributed by atoms with Crippen LogP contribution in [0.3, 0.4) is 0 Å². The van der Waals surface area contributed by atoms with Crippen LogP contribution in [0.1, 0.15) is 27.2 Å². The highest BCUT2D eigenvalue weighted by molar-refractivity contribution is 6.04. The van der Waals surface area contributed by atoms with Gasteiger partial charge < -0.3 is 5.32 Å². The molecule has 1 aromatic heterocycles. The van der Waals surface area contributed by atoms with Gasteiger partial charge in [0.25, 0.3) is 5.91 Å². The molecule has 0 aliphatic carbocycles. The van der Waals surface area contributed by atoms with Crippen molar-refractivity contribution in [2.45, 2.75) is 13.8 Å². The van der Waals surface area contributed by atoms with Gasteiger partial charge in [-0.2, -0.15) is 5.26 Å². The molecule has 2 rings (SSSR count). The third kappa shape index (κ3) is 2.78. The maximum absolute atomic E-state index is 12.1. The highest BCUT2D eigenvalue weighted by Crippen LogP contribution is 2.17. The molecule has 0 fully saturated rings. The summed E-state index contributed by atoms with van der Waals surface area (Å²) >= 11 is 0. The third-order valence-corrected chi connectivity index (χ3v) is 2.84. The number of amides is 1. The van der Waals surface area contributed by atoms with E-state index in [1.165, 1.54) is 0 Å². The van der Waals surface area contributed by atoms with Gasteiger partial charge in [-0.15, -0.1) is 0 Å². The number of carbonyl (C=O) groups is 1. The average Bonchev–Trinajstić information content (AvgIpc) is 2.41. The van der Waals surface area contributed by atoms with Crippen LogP contribution < -0.4 is 5.32 Å². The maximum Gasteiger partial charge on any atom is 0.274 e. The van der Waals surface area contributed by atoms with Crippen LogP contribution in [0, 0.1) is 25.2 Å². The fourth-order valence-corrected chi connectivity index (χ4v) is 1.73. The first-order chi connectivity index (χ1) is 9.11. The molecule has 0 aliphatic rings. The van der Waals surface area contributed by atoms with Crippen LogP contribution in [0.5, 0.6) is 0 Å². The summed E-state index contributed by atoms with van der Waals surface area (Å²) in [5.41, 5.74) is 3.26. The molecule has 0 spiro atoms. The van der Waals surface area contributed by atoms with E-state index < -0.39 is 0 Å². The van der Waals surface area contributed by atoms with Crippen molar-refractivity contribution < 1.29 is 4.79 Å². The minimum Gasteiger partial charge on any atom is -0.320 e. The maximum atomic E-state index is 12.1. The molecule has 0 atom stereocenters. The number of hydrogen-bond donors (Lipinski definition) is 1. The summed E-state index contributed by atoms with van der Waals surface area (Å²) in [7, 11) is 0. The van der Waals surface area contributed by atoms with Crippen LogP contribution in [-0.4, -0.2) is 10.9 Å². The second-order valence-corrected chi connectivity index (χ2v) is 4.26. The van der Waals surface area contributed by atoms with Crippen LogP contribution in [0.15, 0.2) is 36.5 Å². The smallest absolute Gasteiger partial charge is 0.274 e. The van der Waals surface area contributed by atoms with Gasteiger partial charge in [-0.25, -0.2) is 0 Å². The summed E-state index contributed by atoms with van der Waals surface area (Å²) < 4.78 is 0. The number of aromatic nitrogens is 1. The molecule has 0 saturated heterocycles. The summed E-state index contributed by atoms with van der Waals surface area (Å²) in [6, 6.07) is 10.9. The number of rotatable bonds is 2. The van der Waals surface area contributed by atoms with Crippen molar-refractivity contribution in [3.05, 3.63) is 58.9 Å². The Morgan fingerprint density at radius 2 is 2.05 bits per heavy atom. The van der Waals surface area contributed by atoms with Gasteiger partial charge in [-0.3, -0.25) is 9.78 Å². The molecule has 4 nitrogen and oxygen atoms in total. The second kappa shape index (κ2) is 5.32. The van der Waals surface area contributed by atoms with Crippen molar-refractivity contribution in [2.24, 2.45) is 0 Å². The zero-order valence-electron chi connectivity index (χ0n) is 10.8. The fourth-order valence-electron chi connectivity index (χ4n) is 1.73. The van der Waals surface area contributed by atoms with E-state index in [-0.39, 0.29) is 5.91 Å². The number of anilines is 1. The van der Waals surface area contributed by atoms with E-state index in [9.17, 15) is 4.79 Å². The summed E-state index contributed by atoms with van der Waals surface area (Å²) in [5.74, 6) is -0.267.